The lowest BCUT2D eigenvalue weighted by molar-refractivity contribution is -0.161. The van der Waals surface area contributed by atoms with Crippen LogP contribution in [0.5, 0.6) is 0 Å². The second-order valence-corrected chi connectivity index (χ2v) is 35.0. The largest absolute Gasteiger partial charge is 0.472 e. The molecule has 6 atom stereocenters. The highest BCUT2D eigenvalue weighted by atomic mass is 31.2. The fraction of sp³-hybridized carbons (Fsp3) is 0.953. The van der Waals surface area contributed by atoms with Crippen molar-refractivity contribution in [3.8, 4) is 0 Å². The van der Waals surface area contributed by atoms with Crippen molar-refractivity contribution < 1.29 is 80.2 Å². The number of hydrogen-bond donors (Lipinski definition) is 3. The maximum absolute atomic E-state index is 13.1. The molecule has 0 heterocycles. The summed E-state index contributed by atoms with van der Waals surface area (Å²) in [7, 11) is -9.93. The van der Waals surface area contributed by atoms with E-state index >= 15 is 0 Å². The summed E-state index contributed by atoms with van der Waals surface area (Å²) in [6.07, 6.45) is 66.8. The normalized spacial score (nSPS) is 14.1. The minimum atomic E-state index is -4.97. The molecule has 0 radical (unpaired) electrons. The van der Waals surface area contributed by atoms with Gasteiger partial charge in [-0.3, -0.25) is 37.3 Å². The molecule has 0 amide bonds. The van der Waals surface area contributed by atoms with E-state index in [1.54, 1.807) is 0 Å². The highest BCUT2D eigenvalue weighted by Crippen LogP contribution is 2.45. The third kappa shape index (κ3) is 78.5. The lowest BCUT2D eigenvalue weighted by atomic mass is 9.99. The van der Waals surface area contributed by atoms with Crippen LogP contribution in [0.4, 0.5) is 0 Å². The molecule has 3 N–H and O–H groups in total. The van der Waals surface area contributed by atoms with E-state index in [9.17, 15) is 43.2 Å². The molecule has 17 nitrogen and oxygen atoms in total. The maximum Gasteiger partial charge on any atom is 0.472 e. The van der Waals surface area contributed by atoms with Gasteiger partial charge in [0.15, 0.2) is 12.2 Å². The highest BCUT2D eigenvalue weighted by molar-refractivity contribution is 7.47. The zero-order valence-corrected chi connectivity index (χ0v) is 71.0. The summed E-state index contributed by atoms with van der Waals surface area (Å²) >= 11 is 0. The number of hydrogen-bond acceptors (Lipinski definition) is 15. The summed E-state index contributed by atoms with van der Waals surface area (Å²) in [5.41, 5.74) is 0. The Morgan fingerprint density at radius 2 is 0.486 bits per heavy atom. The van der Waals surface area contributed by atoms with Crippen LogP contribution in [0, 0.1) is 17.8 Å². The molecule has 0 fully saturated rings. The van der Waals surface area contributed by atoms with Crippen molar-refractivity contribution in [1.29, 1.82) is 0 Å². The molecule has 0 aliphatic heterocycles. The minimum Gasteiger partial charge on any atom is -0.462 e. The van der Waals surface area contributed by atoms with Crippen LogP contribution in [0.2, 0.25) is 0 Å². The fourth-order valence-electron chi connectivity index (χ4n) is 13.3. The molecule has 0 aromatic rings. The first-order valence-electron chi connectivity index (χ1n) is 44.4. The zero-order chi connectivity index (χ0) is 77.2. The number of esters is 4. The maximum atomic E-state index is 13.1. The van der Waals surface area contributed by atoms with Gasteiger partial charge in [0.25, 0.3) is 0 Å². The van der Waals surface area contributed by atoms with Gasteiger partial charge in [0.2, 0.25) is 0 Å². The molecule has 19 heteroatoms. The van der Waals surface area contributed by atoms with Crippen molar-refractivity contribution in [3.05, 3.63) is 0 Å². The lowest BCUT2D eigenvalue weighted by Gasteiger charge is -2.21. The number of rotatable bonds is 84. The molecule has 3 unspecified atom stereocenters. The highest BCUT2D eigenvalue weighted by Gasteiger charge is 2.30. The number of carbonyl (C=O) groups is 4. The first kappa shape index (κ1) is 103. The van der Waals surface area contributed by atoms with Gasteiger partial charge >= 0.3 is 39.5 Å². The van der Waals surface area contributed by atoms with E-state index in [1.165, 1.54) is 257 Å². The molecular formula is C86H168O17P2. The third-order valence-corrected chi connectivity index (χ3v) is 22.4. The lowest BCUT2D eigenvalue weighted by Crippen LogP contribution is -2.30. The summed E-state index contributed by atoms with van der Waals surface area (Å²) in [5, 5.41) is 10.7. The van der Waals surface area contributed by atoms with Crippen LogP contribution in [-0.4, -0.2) is 96.7 Å². The Balaban J connectivity index is 5.22. The molecule has 0 aliphatic rings. The van der Waals surface area contributed by atoms with Crippen molar-refractivity contribution in [1.82, 2.24) is 0 Å². The van der Waals surface area contributed by atoms with E-state index in [-0.39, 0.29) is 25.7 Å². The molecule has 0 saturated heterocycles. The second-order valence-electron chi connectivity index (χ2n) is 32.1. The Morgan fingerprint density at radius 1 is 0.276 bits per heavy atom. The minimum absolute atomic E-state index is 0.106. The van der Waals surface area contributed by atoms with Crippen LogP contribution in [0.15, 0.2) is 0 Å². The van der Waals surface area contributed by atoms with Crippen LogP contribution < -0.4 is 0 Å². The summed E-state index contributed by atoms with van der Waals surface area (Å²) in [6, 6.07) is 0. The summed E-state index contributed by atoms with van der Waals surface area (Å²) in [4.78, 5) is 73.2. The smallest absolute Gasteiger partial charge is 0.462 e. The SMILES string of the molecule is CCCCCCCCCCCCCCCCCCCCCCCCC(=O)O[C@H](COC(=O)CCCCCCCCCCCCCCCCC(C)CC)COP(=O)(O)OC[C@@H](O)COP(=O)(O)OC[C@@H](COC(=O)CCCCCCCCCC(C)C)OC(=O)CCCCCCCCCCCCCCC(C)C. The number of carbonyl (C=O) groups excluding carboxylic acids is 4. The quantitative estimate of drug-likeness (QED) is 0.0222. The molecule has 105 heavy (non-hydrogen) atoms. The summed E-state index contributed by atoms with van der Waals surface area (Å²) < 4.78 is 68.9. The Kier molecular flexibility index (Phi) is 74.7. The summed E-state index contributed by atoms with van der Waals surface area (Å²) in [5.74, 6) is 0.224. The second kappa shape index (κ2) is 76.1. The molecular weight excluding hydrogens is 1370 g/mol. The van der Waals surface area contributed by atoms with E-state index < -0.39 is 97.5 Å². The monoisotopic (exact) mass is 1540 g/mol. The Bertz CT molecular complexity index is 2030. The average molecular weight is 1540 g/mol. The van der Waals surface area contributed by atoms with E-state index in [0.717, 1.165) is 108 Å². The van der Waals surface area contributed by atoms with Gasteiger partial charge in [-0.25, -0.2) is 9.13 Å². The number of phosphoric ester groups is 2. The number of unbranched alkanes of at least 4 members (excludes halogenated alkanes) is 51. The van der Waals surface area contributed by atoms with Gasteiger partial charge in [0.1, 0.15) is 19.3 Å². The van der Waals surface area contributed by atoms with Gasteiger partial charge in [0, 0.05) is 25.7 Å². The zero-order valence-electron chi connectivity index (χ0n) is 69.2. The van der Waals surface area contributed by atoms with Crippen LogP contribution >= 0.6 is 15.6 Å². The standard InChI is InChI=1S/C86H168O17P2/c1-8-10-11-12-13-14-15-16-17-18-19-20-21-22-23-24-29-35-40-47-55-62-69-85(90)102-81(73-96-83(88)67-60-53-46-39-34-28-26-25-27-33-38-45-52-59-66-79(7)9-2)75-100-104(92,93)98-71-80(87)72-99-105(94,95)101-76-82(74-97-84(89)68-61-54-49-42-44-51-58-65-78(5)6)103-86(91)70-63-56-48-41-36-31-30-32-37-43-50-57-64-77(3)4/h77-82,87H,8-76H2,1-7H3,(H,92,93)(H,94,95)/t79?,80-,81-,82-/m1/s1. The fourth-order valence-corrected chi connectivity index (χ4v) is 14.9. The Morgan fingerprint density at radius 3 is 0.724 bits per heavy atom. The van der Waals surface area contributed by atoms with E-state index in [0.29, 0.717) is 31.6 Å². The van der Waals surface area contributed by atoms with Crippen LogP contribution in [0.1, 0.15) is 453 Å². The van der Waals surface area contributed by atoms with Gasteiger partial charge in [-0.2, -0.15) is 0 Å². The van der Waals surface area contributed by atoms with Crippen LogP contribution in [0.3, 0.4) is 0 Å². The molecule has 0 spiro atoms. The topological polar surface area (TPSA) is 237 Å². The number of aliphatic hydroxyl groups excluding tert-OH is 1. The van der Waals surface area contributed by atoms with Gasteiger partial charge in [-0.1, -0.05) is 402 Å². The first-order chi connectivity index (χ1) is 50.8. The molecule has 624 valence electrons. The van der Waals surface area contributed by atoms with Crippen LogP contribution in [-0.2, 0) is 65.4 Å². The first-order valence-corrected chi connectivity index (χ1v) is 47.4. The predicted octanol–water partition coefficient (Wildman–Crippen LogP) is 26.1. The Labute approximate surface area is 645 Å². The predicted molar refractivity (Wildman–Crippen MR) is 432 cm³/mol. The van der Waals surface area contributed by atoms with Crippen LogP contribution in [0.25, 0.3) is 0 Å². The van der Waals surface area contributed by atoms with Gasteiger partial charge in [-0.15, -0.1) is 0 Å². The third-order valence-electron chi connectivity index (χ3n) is 20.5. The molecule has 0 rings (SSSR count). The van der Waals surface area contributed by atoms with Gasteiger partial charge < -0.3 is 33.8 Å². The average Bonchev–Trinajstić information content (AvgIpc) is 0.908. The molecule has 0 aliphatic carbocycles. The molecule has 0 saturated carbocycles. The van der Waals surface area contributed by atoms with Gasteiger partial charge in [-0.05, 0) is 43.4 Å². The van der Waals surface area contributed by atoms with E-state index in [4.69, 9.17) is 37.0 Å². The number of aliphatic hydroxyl groups is 1. The number of phosphoric acid groups is 2. The van der Waals surface area contributed by atoms with E-state index in [1.807, 2.05) is 0 Å². The van der Waals surface area contributed by atoms with Crippen molar-refractivity contribution in [2.45, 2.75) is 471 Å². The van der Waals surface area contributed by atoms with Crippen molar-refractivity contribution >= 4 is 39.5 Å². The van der Waals surface area contributed by atoms with Crippen molar-refractivity contribution in [3.63, 3.8) is 0 Å². The molecule has 0 bridgehead atoms. The van der Waals surface area contributed by atoms with Gasteiger partial charge in [0.05, 0.1) is 26.4 Å². The van der Waals surface area contributed by atoms with Crippen molar-refractivity contribution in [2.24, 2.45) is 17.8 Å². The Hall–Kier alpha value is -1.94. The number of ether oxygens (including phenoxy) is 4. The van der Waals surface area contributed by atoms with E-state index in [2.05, 4.69) is 48.5 Å². The molecule has 0 aromatic heterocycles. The molecule has 0 aromatic carbocycles. The van der Waals surface area contributed by atoms with Crippen molar-refractivity contribution in [2.75, 3.05) is 39.6 Å². The summed E-state index contributed by atoms with van der Waals surface area (Å²) in [6.45, 7) is 12.0.